The summed E-state index contributed by atoms with van der Waals surface area (Å²) in [6, 6.07) is 27.2. The van der Waals surface area contributed by atoms with Gasteiger partial charge >= 0.3 is 0 Å². The van der Waals surface area contributed by atoms with Crippen LogP contribution >= 0.6 is 0 Å². The molecule has 29 heavy (non-hydrogen) atoms. The minimum atomic E-state index is -0.122. The molecule has 1 amide bonds. The van der Waals surface area contributed by atoms with Gasteiger partial charge in [0.2, 0.25) is 5.91 Å². The number of ether oxygens (including phenoxy) is 1. The average molecular weight is 387 g/mol. The molecule has 0 aliphatic heterocycles. The molecular weight excluding hydrogens is 362 g/mol. The van der Waals surface area contributed by atoms with Gasteiger partial charge in [-0.1, -0.05) is 60.7 Å². The first-order chi connectivity index (χ1) is 14.2. The van der Waals surface area contributed by atoms with E-state index < -0.39 is 0 Å². The molecule has 0 aromatic heterocycles. The minimum Gasteiger partial charge on any atom is -0.497 e. The third-order valence-corrected chi connectivity index (χ3v) is 4.90. The van der Waals surface area contributed by atoms with Gasteiger partial charge in [-0.05, 0) is 35.4 Å². The molecule has 0 heterocycles. The molecule has 0 saturated heterocycles. The lowest BCUT2D eigenvalue weighted by atomic mass is 9.91. The normalized spacial score (nSPS) is 10.6. The third-order valence-electron chi connectivity index (χ3n) is 4.90. The van der Waals surface area contributed by atoms with E-state index in [2.05, 4.69) is 29.6 Å². The Kier molecular flexibility index (Phi) is 7.17. The summed E-state index contributed by atoms with van der Waals surface area (Å²) < 4.78 is 5.10. The summed E-state index contributed by atoms with van der Waals surface area (Å²) in [5.74, 6) is 0.597. The third kappa shape index (κ3) is 5.79. The maximum absolute atomic E-state index is 12.4. The number of carbonyl (C=O) groups excluding carboxylic acids is 2. The second-order valence-electron chi connectivity index (χ2n) is 6.83. The number of methoxy groups -OCH3 is 1. The van der Waals surface area contributed by atoms with Crippen LogP contribution in [0.2, 0.25) is 0 Å². The molecule has 0 unspecified atom stereocenters. The smallest absolute Gasteiger partial charge is 0.220 e. The fourth-order valence-electron chi connectivity index (χ4n) is 3.25. The van der Waals surface area contributed by atoms with E-state index in [-0.39, 0.29) is 30.4 Å². The van der Waals surface area contributed by atoms with Crippen LogP contribution in [0.5, 0.6) is 5.75 Å². The van der Waals surface area contributed by atoms with Crippen LogP contribution in [0.25, 0.3) is 0 Å². The Hall–Kier alpha value is -3.40. The Bertz CT molecular complexity index is 882. The van der Waals surface area contributed by atoms with Crippen LogP contribution in [-0.2, 0) is 4.79 Å². The van der Waals surface area contributed by atoms with Crippen LogP contribution in [0.15, 0.2) is 84.9 Å². The fraction of sp³-hybridized carbons (Fsp3) is 0.200. The molecule has 0 fully saturated rings. The molecule has 1 N–H and O–H groups in total. The molecule has 0 aliphatic rings. The van der Waals surface area contributed by atoms with E-state index in [0.29, 0.717) is 17.9 Å². The summed E-state index contributed by atoms with van der Waals surface area (Å²) in [6.45, 7) is 0.490. The maximum atomic E-state index is 12.4. The monoisotopic (exact) mass is 387 g/mol. The van der Waals surface area contributed by atoms with Crippen molar-refractivity contribution < 1.29 is 14.3 Å². The van der Waals surface area contributed by atoms with Gasteiger partial charge < -0.3 is 10.1 Å². The topological polar surface area (TPSA) is 55.4 Å². The van der Waals surface area contributed by atoms with Crippen LogP contribution < -0.4 is 10.1 Å². The summed E-state index contributed by atoms with van der Waals surface area (Å²) in [5, 5.41) is 2.99. The second kappa shape index (κ2) is 10.2. The van der Waals surface area contributed by atoms with Crippen molar-refractivity contribution in [2.24, 2.45) is 0 Å². The predicted molar refractivity (Wildman–Crippen MR) is 114 cm³/mol. The van der Waals surface area contributed by atoms with Gasteiger partial charge in [-0.25, -0.2) is 0 Å². The van der Waals surface area contributed by atoms with Gasteiger partial charge in [-0.15, -0.1) is 0 Å². The Morgan fingerprint density at radius 1 is 0.793 bits per heavy atom. The summed E-state index contributed by atoms with van der Waals surface area (Å²) in [7, 11) is 1.58. The first-order valence-corrected chi connectivity index (χ1v) is 9.71. The van der Waals surface area contributed by atoms with Crippen molar-refractivity contribution in [2.75, 3.05) is 13.7 Å². The standard InChI is InChI=1S/C25H25NO3/c1-29-22-14-12-21(13-15-22)24(27)16-17-25(28)26-18-23(19-8-4-2-5-9-19)20-10-6-3-7-11-20/h2-15,23H,16-18H2,1H3,(H,26,28). The van der Waals surface area contributed by atoms with Crippen molar-refractivity contribution in [1.29, 1.82) is 0 Å². The van der Waals surface area contributed by atoms with Crippen LogP contribution in [0.1, 0.15) is 40.2 Å². The summed E-state index contributed by atoms with van der Waals surface area (Å²) in [4.78, 5) is 24.7. The molecule has 0 saturated carbocycles. The molecule has 0 aliphatic carbocycles. The van der Waals surface area contributed by atoms with Crippen molar-refractivity contribution in [3.63, 3.8) is 0 Å². The number of Topliss-reactive ketones (excluding diaryl/α,β-unsaturated/α-hetero) is 1. The Balaban J connectivity index is 1.56. The zero-order chi connectivity index (χ0) is 20.5. The van der Waals surface area contributed by atoms with Crippen LogP contribution in [0.3, 0.4) is 0 Å². The SMILES string of the molecule is COc1ccc(C(=O)CCC(=O)NCC(c2ccccc2)c2ccccc2)cc1. The van der Waals surface area contributed by atoms with Gasteiger partial charge in [0.1, 0.15) is 5.75 Å². The summed E-state index contributed by atoms with van der Waals surface area (Å²) in [5.41, 5.74) is 2.88. The molecule has 3 rings (SSSR count). The van der Waals surface area contributed by atoms with Gasteiger partial charge in [-0.3, -0.25) is 9.59 Å². The highest BCUT2D eigenvalue weighted by Gasteiger charge is 2.16. The number of amides is 1. The van der Waals surface area contributed by atoms with Gasteiger partial charge in [0.15, 0.2) is 5.78 Å². The number of benzene rings is 3. The van der Waals surface area contributed by atoms with Crippen molar-refractivity contribution in [3.8, 4) is 5.75 Å². The maximum Gasteiger partial charge on any atom is 0.220 e. The van der Waals surface area contributed by atoms with Gasteiger partial charge in [-0.2, -0.15) is 0 Å². The molecule has 3 aromatic rings. The summed E-state index contributed by atoms with van der Waals surface area (Å²) in [6.07, 6.45) is 0.348. The van der Waals surface area contributed by atoms with Crippen LogP contribution in [-0.4, -0.2) is 25.3 Å². The lowest BCUT2D eigenvalue weighted by molar-refractivity contribution is -0.121. The van der Waals surface area contributed by atoms with E-state index in [4.69, 9.17) is 4.74 Å². The number of rotatable bonds is 9. The van der Waals surface area contributed by atoms with Gasteiger partial charge in [0.25, 0.3) is 0 Å². The molecular formula is C25H25NO3. The Morgan fingerprint density at radius 3 is 1.86 bits per heavy atom. The number of hydrogen-bond acceptors (Lipinski definition) is 3. The lowest BCUT2D eigenvalue weighted by Crippen LogP contribution is -2.29. The highest BCUT2D eigenvalue weighted by Crippen LogP contribution is 2.23. The van der Waals surface area contributed by atoms with Crippen molar-refractivity contribution in [1.82, 2.24) is 5.32 Å². The number of nitrogens with one attached hydrogen (secondary N) is 1. The zero-order valence-corrected chi connectivity index (χ0v) is 16.5. The molecule has 0 radical (unpaired) electrons. The molecule has 0 bridgehead atoms. The number of hydrogen-bond donors (Lipinski definition) is 1. The highest BCUT2D eigenvalue weighted by atomic mass is 16.5. The van der Waals surface area contributed by atoms with Crippen molar-refractivity contribution in [3.05, 3.63) is 102 Å². The van der Waals surface area contributed by atoms with Crippen LogP contribution in [0.4, 0.5) is 0 Å². The predicted octanol–water partition coefficient (Wildman–Crippen LogP) is 4.61. The van der Waals surface area contributed by atoms with E-state index in [0.717, 1.165) is 11.1 Å². The molecule has 4 nitrogen and oxygen atoms in total. The van der Waals surface area contributed by atoms with E-state index in [1.54, 1.807) is 31.4 Å². The van der Waals surface area contributed by atoms with Crippen molar-refractivity contribution in [2.45, 2.75) is 18.8 Å². The van der Waals surface area contributed by atoms with Gasteiger partial charge in [0.05, 0.1) is 7.11 Å². The highest BCUT2D eigenvalue weighted by molar-refractivity contribution is 5.98. The lowest BCUT2D eigenvalue weighted by Gasteiger charge is -2.19. The average Bonchev–Trinajstić information content (AvgIpc) is 2.79. The number of carbonyl (C=O) groups is 2. The number of ketones is 1. The molecule has 148 valence electrons. The molecule has 0 spiro atoms. The molecule has 0 atom stereocenters. The largest absolute Gasteiger partial charge is 0.497 e. The molecule has 3 aromatic carbocycles. The first kappa shape index (κ1) is 20.3. The van der Waals surface area contributed by atoms with E-state index in [1.165, 1.54) is 0 Å². The van der Waals surface area contributed by atoms with E-state index >= 15 is 0 Å². The zero-order valence-electron chi connectivity index (χ0n) is 16.5. The quantitative estimate of drug-likeness (QED) is 0.546. The second-order valence-corrected chi connectivity index (χ2v) is 6.83. The fourth-order valence-corrected chi connectivity index (χ4v) is 3.25. The van der Waals surface area contributed by atoms with Crippen molar-refractivity contribution >= 4 is 11.7 Å². The first-order valence-electron chi connectivity index (χ1n) is 9.71. The molecule has 4 heteroatoms. The Labute approximate surface area is 171 Å². The van der Waals surface area contributed by atoms with E-state index in [1.807, 2.05) is 36.4 Å². The van der Waals surface area contributed by atoms with Crippen LogP contribution in [0, 0.1) is 0 Å². The van der Waals surface area contributed by atoms with E-state index in [9.17, 15) is 9.59 Å². The van der Waals surface area contributed by atoms with Gasteiger partial charge in [0, 0.05) is 30.9 Å². The Morgan fingerprint density at radius 2 is 1.34 bits per heavy atom. The summed E-state index contributed by atoms with van der Waals surface area (Å²) >= 11 is 0. The minimum absolute atomic E-state index is 0.0505.